The predicted octanol–water partition coefficient (Wildman–Crippen LogP) is 2.98. The molecule has 1 aromatic carbocycles. The number of aromatic nitrogens is 2. The van der Waals surface area contributed by atoms with Crippen molar-refractivity contribution in [1.82, 2.24) is 10.1 Å². The molecule has 96 valence electrons. The summed E-state index contributed by atoms with van der Waals surface area (Å²) in [6.45, 7) is 3.85. The number of rotatable bonds is 4. The molecule has 0 unspecified atom stereocenters. The molecule has 0 saturated heterocycles. The first-order valence-electron chi connectivity index (χ1n) is 5.97. The molecule has 2 N–H and O–H groups in total. The lowest BCUT2D eigenvalue weighted by Crippen LogP contribution is -2.09. The van der Waals surface area contributed by atoms with Gasteiger partial charge in [-0.25, -0.2) is 4.39 Å². The summed E-state index contributed by atoms with van der Waals surface area (Å²) < 4.78 is 18.2. The maximum absolute atomic E-state index is 13.0. The van der Waals surface area contributed by atoms with Crippen molar-refractivity contribution in [1.29, 1.82) is 0 Å². The smallest absolute Gasteiger partial charge is 0.243 e. The minimum Gasteiger partial charge on any atom is -0.337 e. The Labute approximate surface area is 105 Å². The van der Waals surface area contributed by atoms with Crippen molar-refractivity contribution in [3.8, 4) is 11.4 Å². The molecule has 0 fully saturated rings. The average molecular weight is 249 g/mol. The van der Waals surface area contributed by atoms with Crippen molar-refractivity contribution in [3.05, 3.63) is 35.5 Å². The van der Waals surface area contributed by atoms with Crippen LogP contribution in [0, 0.1) is 12.7 Å². The number of halogens is 1. The summed E-state index contributed by atoms with van der Waals surface area (Å²) >= 11 is 0. The van der Waals surface area contributed by atoms with Gasteiger partial charge in [-0.2, -0.15) is 4.98 Å². The molecule has 1 atom stereocenters. The summed E-state index contributed by atoms with van der Waals surface area (Å²) in [6.07, 6.45) is 1.75. The third-order valence-corrected chi connectivity index (χ3v) is 2.79. The highest BCUT2D eigenvalue weighted by Crippen LogP contribution is 2.23. The second-order valence-electron chi connectivity index (χ2n) is 4.31. The molecule has 2 aromatic rings. The van der Waals surface area contributed by atoms with Gasteiger partial charge in [-0.05, 0) is 37.1 Å². The molecular weight excluding hydrogens is 233 g/mol. The van der Waals surface area contributed by atoms with E-state index in [1.54, 1.807) is 13.0 Å². The minimum absolute atomic E-state index is 0.239. The van der Waals surface area contributed by atoms with Crippen molar-refractivity contribution in [3.63, 3.8) is 0 Å². The van der Waals surface area contributed by atoms with Crippen molar-refractivity contribution in [2.75, 3.05) is 0 Å². The highest BCUT2D eigenvalue weighted by molar-refractivity contribution is 5.59. The Balaban J connectivity index is 2.29. The fourth-order valence-corrected chi connectivity index (χ4v) is 1.81. The summed E-state index contributed by atoms with van der Waals surface area (Å²) in [5.41, 5.74) is 7.43. The Kier molecular flexibility index (Phi) is 3.72. The molecule has 0 aliphatic heterocycles. The third kappa shape index (κ3) is 2.56. The normalized spacial score (nSPS) is 12.7. The van der Waals surface area contributed by atoms with Crippen LogP contribution in [0.15, 0.2) is 22.7 Å². The Bertz CT molecular complexity index is 539. The van der Waals surface area contributed by atoms with Crippen molar-refractivity contribution >= 4 is 0 Å². The van der Waals surface area contributed by atoms with Crippen LogP contribution in [0.1, 0.15) is 37.3 Å². The molecule has 4 nitrogen and oxygen atoms in total. The van der Waals surface area contributed by atoms with E-state index in [-0.39, 0.29) is 11.9 Å². The SMILES string of the molecule is CCC[C@@H](N)c1nc(-c2ccc(F)cc2C)no1. The Morgan fingerprint density at radius 2 is 2.22 bits per heavy atom. The molecule has 0 aliphatic rings. The molecule has 1 aromatic heterocycles. The maximum Gasteiger partial charge on any atom is 0.243 e. The van der Waals surface area contributed by atoms with Gasteiger partial charge in [0.25, 0.3) is 0 Å². The second-order valence-corrected chi connectivity index (χ2v) is 4.31. The van der Waals surface area contributed by atoms with Crippen molar-refractivity contribution in [2.24, 2.45) is 5.73 Å². The number of aryl methyl sites for hydroxylation is 1. The van der Waals surface area contributed by atoms with E-state index in [1.807, 2.05) is 6.92 Å². The van der Waals surface area contributed by atoms with Crippen LogP contribution in [0.2, 0.25) is 0 Å². The summed E-state index contributed by atoms with van der Waals surface area (Å²) in [4.78, 5) is 4.26. The monoisotopic (exact) mass is 249 g/mol. The van der Waals surface area contributed by atoms with Crippen LogP contribution in [0.4, 0.5) is 4.39 Å². The van der Waals surface area contributed by atoms with Gasteiger partial charge in [-0.1, -0.05) is 18.5 Å². The lowest BCUT2D eigenvalue weighted by Gasteiger charge is -2.02. The van der Waals surface area contributed by atoms with Crippen LogP contribution in [0.25, 0.3) is 11.4 Å². The van der Waals surface area contributed by atoms with Crippen LogP contribution in [-0.2, 0) is 0 Å². The predicted molar refractivity (Wildman–Crippen MR) is 66.3 cm³/mol. The van der Waals surface area contributed by atoms with E-state index in [9.17, 15) is 4.39 Å². The zero-order chi connectivity index (χ0) is 13.1. The first-order valence-corrected chi connectivity index (χ1v) is 5.97. The van der Waals surface area contributed by atoms with E-state index >= 15 is 0 Å². The molecule has 0 amide bonds. The molecule has 0 bridgehead atoms. The van der Waals surface area contributed by atoms with Gasteiger partial charge in [0, 0.05) is 5.56 Å². The van der Waals surface area contributed by atoms with E-state index in [2.05, 4.69) is 10.1 Å². The molecule has 1 heterocycles. The molecular formula is C13H16FN3O. The first kappa shape index (κ1) is 12.7. The molecule has 0 radical (unpaired) electrons. The van der Waals surface area contributed by atoms with Gasteiger partial charge in [0.15, 0.2) is 0 Å². The van der Waals surface area contributed by atoms with E-state index in [0.29, 0.717) is 11.7 Å². The molecule has 0 saturated carbocycles. The fourth-order valence-electron chi connectivity index (χ4n) is 1.81. The standard InChI is InChI=1S/C13H16FN3O/c1-3-4-11(15)13-16-12(17-18-13)10-6-5-9(14)7-8(10)2/h5-7,11H,3-4,15H2,1-2H3/t11-/m1/s1. The zero-order valence-electron chi connectivity index (χ0n) is 10.5. The molecule has 0 spiro atoms. The quantitative estimate of drug-likeness (QED) is 0.904. The minimum atomic E-state index is -0.275. The average Bonchev–Trinajstić information content (AvgIpc) is 2.78. The topological polar surface area (TPSA) is 64.9 Å². The van der Waals surface area contributed by atoms with Gasteiger partial charge in [0.1, 0.15) is 5.82 Å². The van der Waals surface area contributed by atoms with Gasteiger partial charge in [0.05, 0.1) is 6.04 Å². The Morgan fingerprint density at radius 3 is 2.89 bits per heavy atom. The number of nitrogens with two attached hydrogens (primary N) is 1. The largest absolute Gasteiger partial charge is 0.337 e. The first-order chi connectivity index (χ1) is 8.61. The van der Waals surface area contributed by atoms with Crippen LogP contribution >= 0.6 is 0 Å². The van der Waals surface area contributed by atoms with Crippen LogP contribution < -0.4 is 5.73 Å². The molecule has 0 aliphatic carbocycles. The van der Waals surface area contributed by atoms with E-state index in [0.717, 1.165) is 24.0 Å². The van der Waals surface area contributed by atoms with Gasteiger partial charge < -0.3 is 10.3 Å². The number of nitrogens with zero attached hydrogens (tertiary/aromatic N) is 2. The Morgan fingerprint density at radius 1 is 1.44 bits per heavy atom. The van der Waals surface area contributed by atoms with E-state index in [4.69, 9.17) is 10.3 Å². The van der Waals surface area contributed by atoms with Crippen LogP contribution in [0.3, 0.4) is 0 Å². The Hall–Kier alpha value is -1.75. The zero-order valence-corrected chi connectivity index (χ0v) is 10.5. The van der Waals surface area contributed by atoms with Crippen LogP contribution in [-0.4, -0.2) is 10.1 Å². The highest BCUT2D eigenvalue weighted by Gasteiger charge is 2.16. The maximum atomic E-state index is 13.0. The van der Waals surface area contributed by atoms with Crippen molar-refractivity contribution < 1.29 is 8.91 Å². The molecule has 2 rings (SSSR count). The van der Waals surface area contributed by atoms with Crippen molar-refractivity contribution in [2.45, 2.75) is 32.7 Å². The summed E-state index contributed by atoms with van der Waals surface area (Å²) in [6, 6.07) is 4.23. The summed E-state index contributed by atoms with van der Waals surface area (Å²) in [7, 11) is 0. The highest BCUT2D eigenvalue weighted by atomic mass is 19.1. The van der Waals surface area contributed by atoms with E-state index < -0.39 is 0 Å². The van der Waals surface area contributed by atoms with Gasteiger partial charge in [-0.15, -0.1) is 0 Å². The number of hydrogen-bond acceptors (Lipinski definition) is 4. The second kappa shape index (κ2) is 5.27. The summed E-state index contributed by atoms with van der Waals surface area (Å²) in [5, 5.41) is 3.89. The molecule has 5 heteroatoms. The molecule has 18 heavy (non-hydrogen) atoms. The third-order valence-electron chi connectivity index (χ3n) is 2.79. The number of benzene rings is 1. The lowest BCUT2D eigenvalue weighted by molar-refractivity contribution is 0.348. The fraction of sp³-hybridized carbons (Fsp3) is 0.385. The van der Waals surface area contributed by atoms with Gasteiger partial charge >= 0.3 is 0 Å². The summed E-state index contributed by atoms with van der Waals surface area (Å²) in [5.74, 6) is 0.604. The van der Waals surface area contributed by atoms with Crippen LogP contribution in [0.5, 0.6) is 0 Å². The number of hydrogen-bond donors (Lipinski definition) is 1. The van der Waals surface area contributed by atoms with E-state index in [1.165, 1.54) is 12.1 Å². The van der Waals surface area contributed by atoms with Gasteiger partial charge in [0.2, 0.25) is 11.7 Å². The lowest BCUT2D eigenvalue weighted by atomic mass is 10.1. The van der Waals surface area contributed by atoms with Gasteiger partial charge in [-0.3, -0.25) is 0 Å².